The summed E-state index contributed by atoms with van der Waals surface area (Å²) in [4.78, 5) is 2.43. The molecule has 1 aromatic carbocycles. The van der Waals surface area contributed by atoms with E-state index in [0.29, 0.717) is 23.1 Å². The van der Waals surface area contributed by atoms with E-state index in [9.17, 15) is 0 Å². The smallest absolute Gasteiger partial charge is 0.179 e. The monoisotopic (exact) mass is 340 g/mol. The molecule has 0 aromatic heterocycles. The van der Waals surface area contributed by atoms with Crippen molar-refractivity contribution >= 4 is 11.6 Å². The van der Waals surface area contributed by atoms with Crippen LogP contribution in [0.15, 0.2) is 12.1 Å². The molecule has 0 radical (unpaired) electrons. The molecular weight excluding hydrogens is 312 g/mol. The molecule has 0 amide bonds. The predicted octanol–water partition coefficient (Wildman–Crippen LogP) is 3.70. The maximum absolute atomic E-state index is 6.40. The molecule has 4 nitrogen and oxygen atoms in total. The van der Waals surface area contributed by atoms with Gasteiger partial charge in [-0.3, -0.25) is 4.90 Å². The van der Waals surface area contributed by atoms with Crippen LogP contribution in [0, 0.1) is 5.41 Å². The normalized spacial score (nSPS) is 21.2. The van der Waals surface area contributed by atoms with Crippen molar-refractivity contribution in [2.75, 3.05) is 26.8 Å². The van der Waals surface area contributed by atoms with Crippen LogP contribution in [0.3, 0.4) is 0 Å². The lowest BCUT2D eigenvalue weighted by atomic mass is 9.79. The molecule has 1 unspecified atom stereocenters. The quantitative estimate of drug-likeness (QED) is 0.857. The molecule has 0 saturated carbocycles. The molecule has 1 aliphatic heterocycles. The average Bonchev–Trinajstić information content (AvgIpc) is 2.49. The van der Waals surface area contributed by atoms with E-state index in [-0.39, 0.29) is 11.5 Å². The predicted molar refractivity (Wildman–Crippen MR) is 95.4 cm³/mol. The summed E-state index contributed by atoms with van der Waals surface area (Å²) < 4.78 is 11.2. The SMILES string of the molecule is CCCOc1c(Cl)cc(CN2CCC(N)C(C)(C)C2)cc1OC. The number of hydrogen-bond donors (Lipinski definition) is 1. The molecule has 1 heterocycles. The highest BCUT2D eigenvalue weighted by Crippen LogP contribution is 2.37. The van der Waals surface area contributed by atoms with Crippen LogP contribution in [0.1, 0.15) is 39.2 Å². The Kier molecular flexibility index (Phi) is 6.18. The number of likely N-dealkylation sites (tertiary alicyclic amines) is 1. The first-order valence-electron chi connectivity index (χ1n) is 8.34. The Balaban J connectivity index is 2.13. The summed E-state index contributed by atoms with van der Waals surface area (Å²) in [6.45, 7) is 10.0. The number of nitrogens with two attached hydrogens (primary N) is 1. The van der Waals surface area contributed by atoms with E-state index in [1.807, 2.05) is 12.1 Å². The first-order chi connectivity index (χ1) is 10.9. The van der Waals surface area contributed by atoms with Gasteiger partial charge in [-0.1, -0.05) is 32.4 Å². The Morgan fingerprint density at radius 3 is 2.74 bits per heavy atom. The van der Waals surface area contributed by atoms with Crippen LogP contribution in [0.25, 0.3) is 0 Å². The fraction of sp³-hybridized carbons (Fsp3) is 0.667. The van der Waals surface area contributed by atoms with E-state index in [1.54, 1.807) is 7.11 Å². The summed E-state index contributed by atoms with van der Waals surface area (Å²) in [5, 5.41) is 0.612. The summed E-state index contributed by atoms with van der Waals surface area (Å²) in [5.74, 6) is 1.34. The summed E-state index contributed by atoms with van der Waals surface area (Å²) in [6.07, 6.45) is 1.96. The lowest BCUT2D eigenvalue weighted by Gasteiger charge is -2.42. The number of benzene rings is 1. The molecule has 2 N–H and O–H groups in total. The van der Waals surface area contributed by atoms with Crippen molar-refractivity contribution in [3.05, 3.63) is 22.7 Å². The lowest BCUT2D eigenvalue weighted by molar-refractivity contribution is 0.0898. The Labute approximate surface area is 144 Å². The molecule has 1 fully saturated rings. The molecule has 130 valence electrons. The van der Waals surface area contributed by atoms with E-state index < -0.39 is 0 Å². The van der Waals surface area contributed by atoms with E-state index >= 15 is 0 Å². The molecule has 0 spiro atoms. The second-order valence-corrected chi connectivity index (χ2v) is 7.46. The van der Waals surface area contributed by atoms with Crippen molar-refractivity contribution in [2.24, 2.45) is 11.1 Å². The van der Waals surface area contributed by atoms with Crippen LogP contribution in [-0.2, 0) is 6.54 Å². The highest BCUT2D eigenvalue weighted by molar-refractivity contribution is 6.32. The van der Waals surface area contributed by atoms with Crippen molar-refractivity contribution in [3.8, 4) is 11.5 Å². The van der Waals surface area contributed by atoms with Gasteiger partial charge in [0.2, 0.25) is 0 Å². The number of ether oxygens (including phenoxy) is 2. The standard InChI is InChI=1S/C18H29ClN2O2/c1-5-8-23-17-14(19)9-13(10-15(17)22-4)11-21-7-6-16(20)18(2,3)12-21/h9-10,16H,5-8,11-12,20H2,1-4H3. The Bertz CT molecular complexity index is 534. The zero-order valence-corrected chi connectivity index (χ0v) is 15.4. The molecule has 1 aromatic rings. The first kappa shape index (κ1) is 18.4. The number of methoxy groups -OCH3 is 1. The summed E-state index contributed by atoms with van der Waals surface area (Å²) in [6, 6.07) is 4.27. The molecule has 2 rings (SSSR count). The Morgan fingerprint density at radius 1 is 1.39 bits per heavy atom. The van der Waals surface area contributed by atoms with Gasteiger partial charge in [0.15, 0.2) is 11.5 Å². The third-order valence-corrected chi connectivity index (χ3v) is 4.82. The van der Waals surface area contributed by atoms with Crippen molar-refractivity contribution < 1.29 is 9.47 Å². The van der Waals surface area contributed by atoms with Gasteiger partial charge in [0.05, 0.1) is 18.7 Å². The molecule has 0 bridgehead atoms. The van der Waals surface area contributed by atoms with Crippen molar-refractivity contribution in [1.29, 1.82) is 0 Å². The fourth-order valence-corrected chi connectivity index (χ4v) is 3.37. The fourth-order valence-electron chi connectivity index (χ4n) is 3.09. The van der Waals surface area contributed by atoms with E-state index in [1.165, 1.54) is 0 Å². The largest absolute Gasteiger partial charge is 0.493 e. The average molecular weight is 341 g/mol. The van der Waals surface area contributed by atoms with Gasteiger partial charge in [-0.05, 0) is 36.0 Å². The van der Waals surface area contributed by atoms with Crippen molar-refractivity contribution in [1.82, 2.24) is 4.90 Å². The minimum Gasteiger partial charge on any atom is -0.493 e. The number of nitrogens with zero attached hydrogens (tertiary/aromatic N) is 1. The van der Waals surface area contributed by atoms with Gasteiger partial charge in [0.1, 0.15) is 0 Å². The van der Waals surface area contributed by atoms with E-state index in [4.69, 9.17) is 26.8 Å². The summed E-state index contributed by atoms with van der Waals surface area (Å²) >= 11 is 6.40. The van der Waals surface area contributed by atoms with Gasteiger partial charge >= 0.3 is 0 Å². The maximum Gasteiger partial charge on any atom is 0.179 e. The van der Waals surface area contributed by atoms with Gasteiger partial charge in [-0.15, -0.1) is 0 Å². The third kappa shape index (κ3) is 4.52. The summed E-state index contributed by atoms with van der Waals surface area (Å²) in [7, 11) is 1.65. The second-order valence-electron chi connectivity index (χ2n) is 7.05. The molecule has 1 saturated heterocycles. The zero-order valence-electron chi connectivity index (χ0n) is 14.7. The number of halogens is 1. The van der Waals surface area contributed by atoms with Gasteiger partial charge < -0.3 is 15.2 Å². The maximum atomic E-state index is 6.40. The molecule has 5 heteroatoms. The highest BCUT2D eigenvalue weighted by Gasteiger charge is 2.33. The minimum atomic E-state index is 0.135. The van der Waals surface area contributed by atoms with E-state index in [0.717, 1.165) is 38.0 Å². The number of piperidine rings is 1. The third-order valence-electron chi connectivity index (χ3n) is 4.54. The van der Waals surface area contributed by atoms with Gasteiger partial charge in [0.25, 0.3) is 0 Å². The van der Waals surface area contributed by atoms with Crippen LogP contribution >= 0.6 is 11.6 Å². The first-order valence-corrected chi connectivity index (χ1v) is 8.72. The lowest BCUT2D eigenvalue weighted by Crippen LogP contribution is -2.52. The Morgan fingerprint density at radius 2 is 2.13 bits per heavy atom. The van der Waals surface area contributed by atoms with Gasteiger partial charge in [0, 0.05) is 25.7 Å². The topological polar surface area (TPSA) is 47.7 Å². The summed E-state index contributed by atoms with van der Waals surface area (Å²) in [5.41, 5.74) is 7.50. The molecule has 1 atom stereocenters. The van der Waals surface area contributed by atoms with Crippen molar-refractivity contribution in [2.45, 2.75) is 46.2 Å². The van der Waals surface area contributed by atoms with Crippen molar-refractivity contribution in [3.63, 3.8) is 0 Å². The number of rotatable bonds is 6. The molecule has 23 heavy (non-hydrogen) atoms. The van der Waals surface area contributed by atoms with Gasteiger partial charge in [-0.2, -0.15) is 0 Å². The van der Waals surface area contributed by atoms with Crippen LogP contribution in [0.5, 0.6) is 11.5 Å². The molecule has 1 aliphatic rings. The molecular formula is C18H29ClN2O2. The second kappa shape index (κ2) is 7.73. The van der Waals surface area contributed by atoms with Crippen LogP contribution in [0.2, 0.25) is 5.02 Å². The van der Waals surface area contributed by atoms with Crippen LogP contribution < -0.4 is 15.2 Å². The highest BCUT2D eigenvalue weighted by atomic mass is 35.5. The number of hydrogen-bond acceptors (Lipinski definition) is 4. The van der Waals surface area contributed by atoms with Gasteiger partial charge in [-0.25, -0.2) is 0 Å². The van der Waals surface area contributed by atoms with Crippen LogP contribution in [0.4, 0.5) is 0 Å². The minimum absolute atomic E-state index is 0.135. The Hall–Kier alpha value is -0.970. The van der Waals surface area contributed by atoms with E-state index in [2.05, 4.69) is 25.7 Å². The zero-order chi connectivity index (χ0) is 17.0. The van der Waals surface area contributed by atoms with Crippen LogP contribution in [-0.4, -0.2) is 37.7 Å². The molecule has 0 aliphatic carbocycles.